The second-order valence-electron chi connectivity index (χ2n) is 4.24. The molecule has 86 valence electrons. The van der Waals surface area contributed by atoms with Crippen molar-refractivity contribution in [1.82, 2.24) is 10.1 Å². The van der Waals surface area contributed by atoms with E-state index in [-0.39, 0.29) is 5.41 Å². The Bertz CT molecular complexity index is 292. The number of nitrogens with two attached hydrogens (primary N) is 1. The van der Waals surface area contributed by atoms with Crippen molar-refractivity contribution < 1.29 is 4.52 Å². The smallest absolute Gasteiger partial charge is 0.233 e. The molecule has 1 rings (SSSR count). The highest BCUT2D eigenvalue weighted by molar-refractivity contribution is 5.03. The van der Waals surface area contributed by atoms with Crippen LogP contribution < -0.4 is 5.73 Å². The van der Waals surface area contributed by atoms with E-state index in [2.05, 4.69) is 30.9 Å². The number of nitrogens with zero attached hydrogens (tertiary/aromatic N) is 2. The van der Waals surface area contributed by atoms with Crippen LogP contribution in [0.3, 0.4) is 0 Å². The molecular weight excluding hydrogens is 190 g/mol. The monoisotopic (exact) mass is 211 g/mol. The SMILES string of the molecule is CCCCc1noc(C(C)(CC)CN)n1. The summed E-state index contributed by atoms with van der Waals surface area (Å²) in [6, 6.07) is 0. The molecule has 2 N–H and O–H groups in total. The highest BCUT2D eigenvalue weighted by atomic mass is 16.5. The van der Waals surface area contributed by atoms with Crippen molar-refractivity contribution in [3.8, 4) is 0 Å². The van der Waals surface area contributed by atoms with Gasteiger partial charge < -0.3 is 10.3 Å². The Morgan fingerprint density at radius 3 is 2.67 bits per heavy atom. The molecule has 0 aliphatic heterocycles. The first kappa shape index (κ1) is 12.2. The number of aryl methyl sites for hydroxylation is 1. The average Bonchev–Trinajstić information content (AvgIpc) is 2.74. The second-order valence-corrected chi connectivity index (χ2v) is 4.24. The van der Waals surface area contributed by atoms with Crippen LogP contribution >= 0.6 is 0 Å². The predicted molar refractivity (Wildman–Crippen MR) is 59.6 cm³/mol. The molecule has 0 aliphatic rings. The summed E-state index contributed by atoms with van der Waals surface area (Å²) in [6.07, 6.45) is 4.06. The molecule has 0 aliphatic carbocycles. The highest BCUT2D eigenvalue weighted by Gasteiger charge is 2.29. The lowest BCUT2D eigenvalue weighted by Gasteiger charge is -2.20. The molecule has 0 saturated carbocycles. The Balaban J connectivity index is 2.74. The van der Waals surface area contributed by atoms with Crippen molar-refractivity contribution >= 4 is 0 Å². The molecule has 1 aromatic heterocycles. The summed E-state index contributed by atoms with van der Waals surface area (Å²) in [5, 5.41) is 3.97. The summed E-state index contributed by atoms with van der Waals surface area (Å²) >= 11 is 0. The van der Waals surface area contributed by atoms with Gasteiger partial charge in [-0.15, -0.1) is 0 Å². The Morgan fingerprint density at radius 1 is 1.40 bits per heavy atom. The van der Waals surface area contributed by atoms with Crippen LogP contribution in [0.15, 0.2) is 4.52 Å². The summed E-state index contributed by atoms with van der Waals surface area (Å²) in [5.74, 6) is 1.48. The van der Waals surface area contributed by atoms with E-state index in [1.807, 2.05) is 0 Å². The van der Waals surface area contributed by atoms with Gasteiger partial charge in [-0.25, -0.2) is 0 Å². The minimum absolute atomic E-state index is 0.169. The summed E-state index contributed by atoms with van der Waals surface area (Å²) in [6.45, 7) is 6.84. The van der Waals surface area contributed by atoms with Crippen LogP contribution in [0, 0.1) is 0 Å². The first-order chi connectivity index (χ1) is 7.16. The largest absolute Gasteiger partial charge is 0.339 e. The van der Waals surface area contributed by atoms with Crippen LogP contribution in [0.4, 0.5) is 0 Å². The number of hydrogen-bond donors (Lipinski definition) is 1. The van der Waals surface area contributed by atoms with E-state index in [1.54, 1.807) is 0 Å². The van der Waals surface area contributed by atoms with Gasteiger partial charge >= 0.3 is 0 Å². The fraction of sp³-hybridized carbons (Fsp3) is 0.818. The van der Waals surface area contributed by atoms with E-state index in [9.17, 15) is 0 Å². The molecule has 0 radical (unpaired) electrons. The predicted octanol–water partition coefficient (Wildman–Crippen LogP) is 2.04. The van der Waals surface area contributed by atoms with E-state index in [4.69, 9.17) is 10.3 Å². The summed E-state index contributed by atoms with van der Waals surface area (Å²) in [5.41, 5.74) is 5.56. The van der Waals surface area contributed by atoms with Crippen LogP contribution in [-0.2, 0) is 11.8 Å². The van der Waals surface area contributed by atoms with Crippen molar-refractivity contribution in [1.29, 1.82) is 0 Å². The molecule has 0 fully saturated rings. The van der Waals surface area contributed by atoms with Gasteiger partial charge in [0.05, 0.1) is 5.41 Å². The van der Waals surface area contributed by atoms with Crippen LogP contribution in [0.5, 0.6) is 0 Å². The second kappa shape index (κ2) is 5.26. The zero-order valence-electron chi connectivity index (χ0n) is 9.92. The van der Waals surface area contributed by atoms with E-state index < -0.39 is 0 Å². The average molecular weight is 211 g/mol. The number of aromatic nitrogens is 2. The maximum atomic E-state index is 5.73. The van der Waals surface area contributed by atoms with Crippen LogP contribution in [0.2, 0.25) is 0 Å². The standard InChI is InChI=1S/C11H21N3O/c1-4-6-7-9-13-10(15-14-9)11(3,5-2)8-12/h4-8,12H2,1-3H3. The number of unbranched alkanes of at least 4 members (excludes halogenated alkanes) is 1. The molecule has 4 nitrogen and oxygen atoms in total. The maximum Gasteiger partial charge on any atom is 0.233 e. The first-order valence-corrected chi connectivity index (χ1v) is 5.69. The van der Waals surface area contributed by atoms with Crippen molar-refractivity contribution in [3.05, 3.63) is 11.7 Å². The van der Waals surface area contributed by atoms with Crippen molar-refractivity contribution in [2.24, 2.45) is 5.73 Å². The molecule has 0 saturated heterocycles. The van der Waals surface area contributed by atoms with E-state index in [0.717, 1.165) is 31.5 Å². The Labute approximate surface area is 91.2 Å². The van der Waals surface area contributed by atoms with E-state index in [0.29, 0.717) is 12.4 Å². The maximum absolute atomic E-state index is 5.73. The molecule has 1 aromatic rings. The van der Waals surface area contributed by atoms with Gasteiger partial charge in [0, 0.05) is 13.0 Å². The zero-order valence-corrected chi connectivity index (χ0v) is 9.92. The molecule has 0 bridgehead atoms. The van der Waals surface area contributed by atoms with Gasteiger partial charge in [0.1, 0.15) is 0 Å². The fourth-order valence-corrected chi connectivity index (χ4v) is 1.32. The first-order valence-electron chi connectivity index (χ1n) is 5.69. The third-order valence-electron chi connectivity index (χ3n) is 2.97. The molecule has 4 heteroatoms. The Kier molecular flexibility index (Phi) is 4.27. The van der Waals surface area contributed by atoms with Gasteiger partial charge in [0.15, 0.2) is 5.82 Å². The normalized spacial score (nSPS) is 15.2. The van der Waals surface area contributed by atoms with Crippen molar-refractivity contribution in [2.75, 3.05) is 6.54 Å². The van der Waals surface area contributed by atoms with Gasteiger partial charge in [0.25, 0.3) is 0 Å². The molecule has 1 atom stereocenters. The van der Waals surface area contributed by atoms with Gasteiger partial charge in [-0.2, -0.15) is 4.98 Å². The minimum atomic E-state index is -0.169. The van der Waals surface area contributed by atoms with Crippen LogP contribution in [0.1, 0.15) is 51.7 Å². The third kappa shape index (κ3) is 2.78. The highest BCUT2D eigenvalue weighted by Crippen LogP contribution is 2.24. The van der Waals surface area contributed by atoms with Gasteiger partial charge in [-0.1, -0.05) is 25.4 Å². The molecule has 0 aromatic carbocycles. The van der Waals surface area contributed by atoms with Crippen LogP contribution in [0.25, 0.3) is 0 Å². The number of rotatable bonds is 6. The molecule has 1 unspecified atom stereocenters. The minimum Gasteiger partial charge on any atom is -0.339 e. The fourth-order valence-electron chi connectivity index (χ4n) is 1.32. The van der Waals surface area contributed by atoms with E-state index >= 15 is 0 Å². The van der Waals surface area contributed by atoms with Crippen LogP contribution in [-0.4, -0.2) is 16.7 Å². The summed E-state index contributed by atoms with van der Waals surface area (Å²) < 4.78 is 5.27. The zero-order chi connectivity index (χ0) is 11.3. The Hall–Kier alpha value is -0.900. The molecular formula is C11H21N3O. The number of hydrogen-bond acceptors (Lipinski definition) is 4. The van der Waals surface area contributed by atoms with Crippen molar-refractivity contribution in [2.45, 2.75) is 51.9 Å². The Morgan fingerprint density at radius 2 is 2.13 bits per heavy atom. The lowest BCUT2D eigenvalue weighted by molar-refractivity contribution is 0.289. The lowest BCUT2D eigenvalue weighted by atomic mass is 9.88. The quantitative estimate of drug-likeness (QED) is 0.782. The van der Waals surface area contributed by atoms with Crippen molar-refractivity contribution in [3.63, 3.8) is 0 Å². The third-order valence-corrected chi connectivity index (χ3v) is 2.97. The summed E-state index contributed by atoms with van der Waals surface area (Å²) in [7, 11) is 0. The van der Waals surface area contributed by atoms with Gasteiger partial charge in [-0.3, -0.25) is 0 Å². The molecule has 0 spiro atoms. The molecule has 0 amide bonds. The molecule has 1 heterocycles. The summed E-state index contributed by atoms with van der Waals surface area (Å²) in [4.78, 5) is 4.40. The topological polar surface area (TPSA) is 64.9 Å². The molecule has 15 heavy (non-hydrogen) atoms. The lowest BCUT2D eigenvalue weighted by Crippen LogP contribution is -2.31. The van der Waals surface area contributed by atoms with E-state index in [1.165, 1.54) is 0 Å². The van der Waals surface area contributed by atoms with Gasteiger partial charge in [0.2, 0.25) is 5.89 Å². The van der Waals surface area contributed by atoms with Gasteiger partial charge in [-0.05, 0) is 19.8 Å².